The minimum absolute atomic E-state index is 0.157. The smallest absolute Gasteiger partial charge is 0.244 e. The molecule has 0 radical (unpaired) electrons. The number of hydrogen-bond donors (Lipinski definition) is 3. The van der Waals surface area contributed by atoms with Crippen molar-refractivity contribution in [3.05, 3.63) is 58.8 Å². The van der Waals surface area contributed by atoms with Gasteiger partial charge in [0.2, 0.25) is 15.9 Å². The Balaban J connectivity index is 2.07. The lowest BCUT2D eigenvalue weighted by molar-refractivity contribution is -0.116. The molecule has 0 aliphatic rings. The van der Waals surface area contributed by atoms with Crippen molar-refractivity contribution in [2.75, 3.05) is 22.8 Å². The Bertz CT molecular complexity index is 1060. The number of nitrogens with one attached hydrogen (secondary N) is 3. The van der Waals surface area contributed by atoms with Crippen molar-refractivity contribution in [3.8, 4) is 0 Å². The largest absolute Gasteiger partial charge is 0.370 e. The van der Waals surface area contributed by atoms with Crippen molar-refractivity contribution in [1.82, 2.24) is 10.3 Å². The van der Waals surface area contributed by atoms with Gasteiger partial charge in [0.15, 0.2) is 0 Å². The van der Waals surface area contributed by atoms with E-state index in [0.29, 0.717) is 24.0 Å². The lowest BCUT2D eigenvalue weighted by Gasteiger charge is -2.10. The summed E-state index contributed by atoms with van der Waals surface area (Å²) in [5, 5.41) is 5.37. The third-order valence-electron chi connectivity index (χ3n) is 3.76. The highest BCUT2D eigenvalue weighted by molar-refractivity contribution is 7.92. The van der Waals surface area contributed by atoms with E-state index in [2.05, 4.69) is 15.6 Å². The predicted octanol–water partition coefficient (Wildman–Crippen LogP) is 2.96. The number of rotatable bonds is 9. The molecule has 162 valence electrons. The number of pyridine rings is 1. The Labute approximate surface area is 172 Å². The van der Waals surface area contributed by atoms with Gasteiger partial charge >= 0.3 is 0 Å². The normalized spacial score (nSPS) is 11.5. The molecule has 2 aromatic rings. The zero-order valence-electron chi connectivity index (χ0n) is 16.3. The Morgan fingerprint density at radius 2 is 1.93 bits per heavy atom. The van der Waals surface area contributed by atoms with Crippen molar-refractivity contribution in [2.45, 2.75) is 20.1 Å². The highest BCUT2D eigenvalue weighted by Gasteiger charge is 2.13. The average Bonchev–Trinajstić information content (AvgIpc) is 2.67. The van der Waals surface area contributed by atoms with Crippen molar-refractivity contribution < 1.29 is 26.4 Å². The molecule has 1 amide bonds. The van der Waals surface area contributed by atoms with Crippen molar-refractivity contribution in [3.63, 3.8) is 0 Å². The van der Waals surface area contributed by atoms with Gasteiger partial charge in [0.05, 0.1) is 17.6 Å². The molecule has 0 bridgehead atoms. The minimum atomic E-state index is -3.77. The number of carbonyl (C=O) groups excluding carboxylic acids is 1. The predicted molar refractivity (Wildman–Crippen MR) is 109 cm³/mol. The van der Waals surface area contributed by atoms with Crippen molar-refractivity contribution >= 4 is 33.5 Å². The summed E-state index contributed by atoms with van der Waals surface area (Å²) in [5.74, 6) is -2.02. The van der Waals surface area contributed by atoms with E-state index in [0.717, 1.165) is 12.3 Å². The van der Waals surface area contributed by atoms with Crippen LogP contribution in [0.2, 0.25) is 0 Å². The Morgan fingerprint density at radius 3 is 2.57 bits per heavy atom. The average molecular weight is 442 g/mol. The van der Waals surface area contributed by atoms with Crippen LogP contribution in [0.1, 0.15) is 23.7 Å². The summed E-state index contributed by atoms with van der Waals surface area (Å²) < 4.78 is 65.0. The van der Waals surface area contributed by atoms with E-state index in [1.807, 2.05) is 11.6 Å². The molecule has 0 unspecified atom stereocenters. The number of alkyl halides is 1. The topological polar surface area (TPSA) is 100 Å². The number of sulfonamides is 1. The maximum atomic E-state index is 14.1. The van der Waals surface area contributed by atoms with Gasteiger partial charge in [-0.3, -0.25) is 9.52 Å². The Hall–Kier alpha value is -3.08. The number of amides is 1. The van der Waals surface area contributed by atoms with Crippen LogP contribution in [0, 0.1) is 11.6 Å². The summed E-state index contributed by atoms with van der Waals surface area (Å²) >= 11 is 0. The second kappa shape index (κ2) is 10.1. The van der Waals surface area contributed by atoms with E-state index < -0.39 is 39.9 Å². The van der Waals surface area contributed by atoms with Gasteiger partial charge in [-0.2, -0.15) is 0 Å². The summed E-state index contributed by atoms with van der Waals surface area (Å²) in [7, 11) is -3.77. The molecular formula is C19H21F3N4O3S. The van der Waals surface area contributed by atoms with Crippen LogP contribution >= 0.6 is 0 Å². The van der Waals surface area contributed by atoms with E-state index in [4.69, 9.17) is 0 Å². The molecule has 0 saturated heterocycles. The van der Waals surface area contributed by atoms with Crippen LogP contribution in [0.5, 0.6) is 0 Å². The standard InChI is InChI=1S/C19H21F3N4O3S/c1-3-23-19-12(4-6-14(10-20)25-19)5-7-18(27)24-11-13-8-16(22)17(9-15(13)21)26-30(2,28)29/h4-9,26H,3,10-11H2,1-2H3,(H,23,25)(H,24,27)/b7-5+. The Morgan fingerprint density at radius 1 is 1.20 bits per heavy atom. The van der Waals surface area contributed by atoms with Gasteiger partial charge in [0, 0.05) is 36.4 Å². The molecule has 0 fully saturated rings. The first-order valence-corrected chi connectivity index (χ1v) is 10.7. The molecule has 0 aliphatic heterocycles. The summed E-state index contributed by atoms with van der Waals surface area (Å²) in [6.07, 6.45) is 3.45. The van der Waals surface area contributed by atoms with Gasteiger partial charge in [-0.15, -0.1) is 0 Å². The molecule has 30 heavy (non-hydrogen) atoms. The molecule has 1 aromatic carbocycles. The first-order chi connectivity index (χ1) is 14.1. The van der Waals surface area contributed by atoms with Gasteiger partial charge in [-0.25, -0.2) is 26.6 Å². The number of anilines is 2. The van der Waals surface area contributed by atoms with Gasteiger partial charge in [-0.05, 0) is 31.2 Å². The fraction of sp³-hybridized carbons (Fsp3) is 0.263. The zero-order chi connectivity index (χ0) is 22.3. The molecule has 3 N–H and O–H groups in total. The number of carbonyl (C=O) groups is 1. The first-order valence-electron chi connectivity index (χ1n) is 8.84. The fourth-order valence-electron chi connectivity index (χ4n) is 2.44. The maximum Gasteiger partial charge on any atom is 0.244 e. The van der Waals surface area contributed by atoms with Gasteiger partial charge in [0.25, 0.3) is 0 Å². The van der Waals surface area contributed by atoms with E-state index >= 15 is 0 Å². The van der Waals surface area contributed by atoms with Gasteiger partial charge < -0.3 is 10.6 Å². The molecule has 0 aliphatic carbocycles. The molecule has 0 saturated carbocycles. The highest BCUT2D eigenvalue weighted by atomic mass is 32.2. The molecule has 0 spiro atoms. The summed E-state index contributed by atoms with van der Waals surface area (Å²) in [6, 6.07) is 4.60. The Kier molecular flexibility index (Phi) is 7.81. The monoisotopic (exact) mass is 442 g/mol. The van der Waals surface area contributed by atoms with Gasteiger partial charge in [-0.1, -0.05) is 0 Å². The van der Waals surface area contributed by atoms with Crippen LogP contribution < -0.4 is 15.4 Å². The number of halogens is 3. The number of hydrogen-bond acceptors (Lipinski definition) is 5. The van der Waals surface area contributed by atoms with E-state index in [9.17, 15) is 26.4 Å². The van der Waals surface area contributed by atoms with Crippen LogP contribution in [-0.2, 0) is 28.0 Å². The number of nitrogens with zero attached hydrogens (tertiary/aromatic N) is 1. The quantitative estimate of drug-likeness (QED) is 0.519. The van der Waals surface area contributed by atoms with E-state index in [1.54, 1.807) is 6.07 Å². The third-order valence-corrected chi connectivity index (χ3v) is 4.35. The summed E-state index contributed by atoms with van der Waals surface area (Å²) in [6.45, 7) is 1.35. The molecule has 0 atom stereocenters. The maximum absolute atomic E-state index is 14.1. The van der Waals surface area contributed by atoms with Crippen LogP contribution in [0.3, 0.4) is 0 Å². The van der Waals surface area contributed by atoms with E-state index in [-0.39, 0.29) is 17.8 Å². The minimum Gasteiger partial charge on any atom is -0.370 e. The number of benzene rings is 1. The second-order valence-electron chi connectivity index (χ2n) is 6.25. The zero-order valence-corrected chi connectivity index (χ0v) is 17.1. The van der Waals surface area contributed by atoms with Crippen molar-refractivity contribution in [1.29, 1.82) is 0 Å². The summed E-state index contributed by atoms with van der Waals surface area (Å²) in [4.78, 5) is 16.1. The van der Waals surface area contributed by atoms with Crippen LogP contribution in [-0.4, -0.2) is 32.1 Å². The molecule has 7 nitrogen and oxygen atoms in total. The van der Waals surface area contributed by atoms with Crippen molar-refractivity contribution in [2.24, 2.45) is 0 Å². The summed E-state index contributed by atoms with van der Waals surface area (Å²) in [5.41, 5.74) is 0.122. The second-order valence-corrected chi connectivity index (χ2v) is 8.00. The molecule has 2 rings (SSSR count). The SMILES string of the molecule is CCNc1nc(CF)ccc1/C=C/C(=O)NCc1cc(F)c(NS(C)(=O)=O)cc1F. The molecule has 11 heteroatoms. The fourth-order valence-corrected chi connectivity index (χ4v) is 2.99. The molecule has 1 heterocycles. The van der Waals surface area contributed by atoms with Crippen LogP contribution in [0.4, 0.5) is 24.7 Å². The third kappa shape index (κ3) is 6.76. The number of aromatic nitrogens is 1. The van der Waals surface area contributed by atoms with Crippen LogP contribution in [0.25, 0.3) is 6.08 Å². The first kappa shape index (κ1) is 23.2. The molecular weight excluding hydrogens is 421 g/mol. The molecule has 1 aromatic heterocycles. The van der Waals surface area contributed by atoms with Crippen LogP contribution in [0.15, 0.2) is 30.3 Å². The van der Waals surface area contributed by atoms with Gasteiger partial charge in [0.1, 0.15) is 24.1 Å². The van der Waals surface area contributed by atoms with E-state index in [1.165, 1.54) is 18.2 Å². The highest BCUT2D eigenvalue weighted by Crippen LogP contribution is 2.20. The lowest BCUT2D eigenvalue weighted by Crippen LogP contribution is -2.21. The lowest BCUT2D eigenvalue weighted by atomic mass is 10.1.